The lowest BCUT2D eigenvalue weighted by molar-refractivity contribution is -0.919. The van der Waals surface area contributed by atoms with Gasteiger partial charge in [-0.2, -0.15) is 0 Å². The topological polar surface area (TPSA) is 78.2 Å². The fourth-order valence-electron chi connectivity index (χ4n) is 3.95. The van der Waals surface area contributed by atoms with Crippen LogP contribution in [0.3, 0.4) is 0 Å². The fraction of sp³-hybridized carbons (Fsp3) is 0.348. The molecule has 1 saturated heterocycles. The SMILES string of the molecule is NC(=O)C(Sc1nnc(C[NH+]2CCCCC2)n1Cc1ccccc1)c1ccc(F)cc1. The van der Waals surface area contributed by atoms with Crippen molar-refractivity contribution in [1.29, 1.82) is 0 Å². The Kier molecular flexibility index (Phi) is 6.99. The van der Waals surface area contributed by atoms with Crippen molar-refractivity contribution >= 4 is 17.7 Å². The first-order chi connectivity index (χ1) is 15.1. The Morgan fingerprint density at radius 3 is 2.45 bits per heavy atom. The number of aromatic nitrogens is 3. The summed E-state index contributed by atoms with van der Waals surface area (Å²) in [4.78, 5) is 13.7. The highest BCUT2D eigenvalue weighted by molar-refractivity contribution is 8.00. The summed E-state index contributed by atoms with van der Waals surface area (Å²) in [7, 11) is 0. The Labute approximate surface area is 185 Å². The average molecular weight is 441 g/mol. The molecule has 1 aliphatic heterocycles. The number of benzene rings is 2. The molecule has 0 aliphatic carbocycles. The molecule has 0 spiro atoms. The molecule has 1 amide bonds. The van der Waals surface area contributed by atoms with Crippen LogP contribution in [0.1, 0.15) is 41.5 Å². The second kappa shape index (κ2) is 10.1. The van der Waals surface area contributed by atoms with E-state index in [0.29, 0.717) is 17.3 Å². The molecule has 1 aromatic heterocycles. The van der Waals surface area contributed by atoms with E-state index >= 15 is 0 Å². The van der Waals surface area contributed by atoms with Gasteiger partial charge in [-0.1, -0.05) is 54.2 Å². The smallest absolute Gasteiger partial charge is 0.235 e. The van der Waals surface area contributed by atoms with Crippen molar-refractivity contribution in [3.8, 4) is 0 Å². The van der Waals surface area contributed by atoms with Crippen LogP contribution < -0.4 is 10.6 Å². The zero-order valence-corrected chi connectivity index (χ0v) is 18.2. The van der Waals surface area contributed by atoms with E-state index in [2.05, 4.69) is 26.9 Å². The van der Waals surface area contributed by atoms with Crippen LogP contribution in [0.5, 0.6) is 0 Å². The number of hydrogen-bond acceptors (Lipinski definition) is 4. The van der Waals surface area contributed by atoms with E-state index in [9.17, 15) is 9.18 Å². The number of carbonyl (C=O) groups is 1. The molecule has 0 radical (unpaired) electrons. The third-order valence-corrected chi connectivity index (χ3v) is 6.85. The van der Waals surface area contributed by atoms with Crippen molar-refractivity contribution in [3.63, 3.8) is 0 Å². The number of thioether (sulfide) groups is 1. The Morgan fingerprint density at radius 1 is 1.06 bits per heavy atom. The van der Waals surface area contributed by atoms with Crippen molar-refractivity contribution in [2.24, 2.45) is 5.73 Å². The monoisotopic (exact) mass is 440 g/mol. The third kappa shape index (κ3) is 5.51. The van der Waals surface area contributed by atoms with E-state index in [4.69, 9.17) is 5.73 Å². The molecular formula is C23H27FN5OS+. The first kappa shape index (κ1) is 21.5. The molecule has 2 aromatic carbocycles. The summed E-state index contributed by atoms with van der Waals surface area (Å²) in [5, 5.41) is 8.88. The van der Waals surface area contributed by atoms with Gasteiger partial charge in [0.2, 0.25) is 5.91 Å². The van der Waals surface area contributed by atoms with Crippen LogP contribution in [0, 0.1) is 5.82 Å². The van der Waals surface area contributed by atoms with Gasteiger partial charge in [0, 0.05) is 0 Å². The molecule has 4 rings (SSSR count). The van der Waals surface area contributed by atoms with Crippen molar-refractivity contribution in [1.82, 2.24) is 14.8 Å². The lowest BCUT2D eigenvalue weighted by Gasteiger charge is -2.23. The number of nitrogens with one attached hydrogen (secondary N) is 1. The maximum absolute atomic E-state index is 13.4. The lowest BCUT2D eigenvalue weighted by atomic mass is 10.1. The molecule has 8 heteroatoms. The summed E-state index contributed by atoms with van der Waals surface area (Å²) >= 11 is 1.27. The summed E-state index contributed by atoms with van der Waals surface area (Å²) in [6.07, 6.45) is 3.76. The van der Waals surface area contributed by atoms with Gasteiger partial charge in [-0.15, -0.1) is 10.2 Å². The van der Waals surface area contributed by atoms with Gasteiger partial charge in [0.05, 0.1) is 19.6 Å². The Bertz CT molecular complexity index is 1000. The minimum atomic E-state index is -0.672. The first-order valence-electron chi connectivity index (χ1n) is 10.6. The zero-order chi connectivity index (χ0) is 21.6. The molecule has 0 bridgehead atoms. The molecule has 31 heavy (non-hydrogen) atoms. The number of nitrogens with zero attached hydrogens (tertiary/aromatic N) is 3. The van der Waals surface area contributed by atoms with Crippen LogP contribution in [-0.2, 0) is 17.9 Å². The van der Waals surface area contributed by atoms with Crippen molar-refractivity contribution < 1.29 is 14.1 Å². The number of quaternary nitrogens is 1. The third-order valence-electron chi connectivity index (χ3n) is 5.60. The number of likely N-dealkylation sites (tertiary alicyclic amines) is 1. The lowest BCUT2D eigenvalue weighted by Crippen LogP contribution is -3.11. The average Bonchev–Trinajstić information content (AvgIpc) is 3.15. The maximum Gasteiger partial charge on any atom is 0.235 e. The fourth-order valence-corrected chi connectivity index (χ4v) is 4.95. The van der Waals surface area contributed by atoms with Crippen LogP contribution in [0.25, 0.3) is 0 Å². The van der Waals surface area contributed by atoms with E-state index in [-0.39, 0.29) is 5.82 Å². The number of carbonyl (C=O) groups excluding carboxylic acids is 1. The summed E-state index contributed by atoms with van der Waals surface area (Å²) in [5.41, 5.74) is 7.48. The quantitative estimate of drug-likeness (QED) is 0.527. The first-order valence-corrected chi connectivity index (χ1v) is 11.5. The highest BCUT2D eigenvalue weighted by Gasteiger charge is 2.26. The minimum absolute atomic E-state index is 0.351. The van der Waals surface area contributed by atoms with Gasteiger partial charge in [-0.25, -0.2) is 4.39 Å². The molecular weight excluding hydrogens is 413 g/mol. The van der Waals surface area contributed by atoms with Crippen LogP contribution in [0.4, 0.5) is 4.39 Å². The van der Waals surface area contributed by atoms with E-state index in [1.54, 1.807) is 12.1 Å². The Morgan fingerprint density at radius 2 is 1.77 bits per heavy atom. The number of primary amides is 1. The summed E-state index contributed by atoms with van der Waals surface area (Å²) in [6.45, 7) is 3.70. The molecule has 6 nitrogen and oxygen atoms in total. The van der Waals surface area contributed by atoms with Gasteiger partial charge in [0.15, 0.2) is 11.0 Å². The molecule has 2 heterocycles. The standard InChI is InChI=1S/C23H26FN5OS/c24-19-11-9-18(10-12-19)21(22(25)30)31-23-27-26-20(16-28-13-5-2-6-14-28)29(23)15-17-7-3-1-4-8-17/h1,3-4,7-12,21H,2,5-6,13-16H2,(H2,25,30)/p+1. The summed E-state index contributed by atoms with van der Waals surface area (Å²) < 4.78 is 15.4. The second-order valence-corrected chi connectivity index (χ2v) is 8.98. The van der Waals surface area contributed by atoms with E-state index in [0.717, 1.165) is 31.0 Å². The van der Waals surface area contributed by atoms with Crippen molar-refractivity contribution in [2.45, 2.75) is 42.8 Å². The predicted octanol–water partition coefficient (Wildman–Crippen LogP) is 2.35. The highest BCUT2D eigenvalue weighted by Crippen LogP contribution is 2.34. The largest absolute Gasteiger partial charge is 0.368 e. The number of hydrogen-bond donors (Lipinski definition) is 2. The molecule has 1 unspecified atom stereocenters. The van der Waals surface area contributed by atoms with Crippen molar-refractivity contribution in [3.05, 3.63) is 77.4 Å². The van der Waals surface area contributed by atoms with Crippen LogP contribution in [0.2, 0.25) is 0 Å². The van der Waals surface area contributed by atoms with Gasteiger partial charge in [-0.3, -0.25) is 9.36 Å². The van der Waals surface area contributed by atoms with Crippen LogP contribution in [0.15, 0.2) is 59.8 Å². The second-order valence-electron chi connectivity index (χ2n) is 7.91. The molecule has 1 atom stereocenters. The minimum Gasteiger partial charge on any atom is -0.368 e. The van der Waals surface area contributed by atoms with Crippen LogP contribution >= 0.6 is 11.8 Å². The molecule has 3 aromatic rings. The van der Waals surface area contributed by atoms with E-state index < -0.39 is 11.2 Å². The van der Waals surface area contributed by atoms with Crippen LogP contribution in [-0.4, -0.2) is 33.8 Å². The highest BCUT2D eigenvalue weighted by atomic mass is 32.2. The number of piperidine rings is 1. The number of nitrogens with two attached hydrogens (primary N) is 1. The Balaban J connectivity index is 1.63. The Hall–Kier alpha value is -2.71. The van der Waals surface area contributed by atoms with Gasteiger partial charge >= 0.3 is 0 Å². The maximum atomic E-state index is 13.4. The molecule has 1 fully saturated rings. The zero-order valence-electron chi connectivity index (χ0n) is 17.3. The molecule has 0 saturated carbocycles. The molecule has 162 valence electrons. The van der Waals surface area contributed by atoms with E-state index in [1.807, 2.05) is 18.2 Å². The number of amides is 1. The van der Waals surface area contributed by atoms with E-state index in [1.165, 1.54) is 48.1 Å². The van der Waals surface area contributed by atoms with Gasteiger partial charge in [0.1, 0.15) is 17.6 Å². The number of halogens is 1. The van der Waals surface area contributed by atoms with Gasteiger partial charge in [-0.05, 0) is 42.5 Å². The normalized spacial score (nSPS) is 15.6. The van der Waals surface area contributed by atoms with Gasteiger partial charge < -0.3 is 10.6 Å². The summed E-state index contributed by atoms with van der Waals surface area (Å²) in [6, 6.07) is 16.0. The molecule has 1 aliphatic rings. The predicted molar refractivity (Wildman–Crippen MR) is 118 cm³/mol. The van der Waals surface area contributed by atoms with Gasteiger partial charge in [0.25, 0.3) is 0 Å². The van der Waals surface area contributed by atoms with Crippen molar-refractivity contribution in [2.75, 3.05) is 13.1 Å². The number of rotatable bonds is 8. The molecule has 3 N–H and O–H groups in total. The summed E-state index contributed by atoms with van der Waals surface area (Å²) in [5.74, 6) is 0.0654.